The second kappa shape index (κ2) is 4.75. The molecule has 40 heavy (non-hydrogen) atoms. The van der Waals surface area contributed by atoms with Gasteiger partial charge in [0, 0.05) is 0 Å². The molecule has 0 radical (unpaired) electrons. The molecular weight excluding hydrogens is 507 g/mol. The second-order valence-electron chi connectivity index (χ2n) is 21.1. The van der Waals surface area contributed by atoms with E-state index in [1.165, 1.54) is 148 Å². The van der Waals surface area contributed by atoms with Crippen LogP contribution in [-0.2, 0) is 0 Å². The minimum absolute atomic E-state index is 0.114. The first-order chi connectivity index (χ1) is 19.8. The molecule has 3 heteroatoms. The highest BCUT2D eigenvalue weighted by Gasteiger charge is 2.98. The van der Waals surface area contributed by atoms with Gasteiger partial charge in [0.05, 0.1) is 11.9 Å². The zero-order chi connectivity index (χ0) is 24.2. The van der Waals surface area contributed by atoms with Gasteiger partial charge in [0.15, 0.2) is 0 Å². The van der Waals surface area contributed by atoms with Crippen LogP contribution in [0.25, 0.3) is 0 Å². The van der Waals surface area contributed by atoms with Crippen molar-refractivity contribution in [1.29, 1.82) is 0 Å². The average Bonchev–Trinajstić information content (AvgIpc) is 2.87. The van der Waals surface area contributed by atoms with Gasteiger partial charge in [-0.25, -0.2) is 0 Å². The van der Waals surface area contributed by atoms with Crippen LogP contribution in [0.3, 0.4) is 0 Å². The molecule has 2 nitrogen and oxygen atoms in total. The molecule has 18 fully saturated rings. The van der Waals surface area contributed by atoms with Gasteiger partial charge in [-0.3, -0.25) is 0 Å². The van der Waals surface area contributed by atoms with Crippen molar-refractivity contribution >= 4 is 8.58 Å². The van der Waals surface area contributed by atoms with E-state index in [2.05, 4.69) is 0 Å². The van der Waals surface area contributed by atoms with Gasteiger partial charge in [0.1, 0.15) is 0 Å². The van der Waals surface area contributed by atoms with Crippen molar-refractivity contribution in [2.75, 3.05) is 0 Å². The molecule has 1 saturated heterocycles. The molecule has 18 rings (SSSR count). The fraction of sp³-hybridized carbons (Fsp3) is 1.00. The summed E-state index contributed by atoms with van der Waals surface area (Å²) >= 11 is 0. The van der Waals surface area contributed by atoms with E-state index in [4.69, 9.17) is 0 Å². The minimum Gasteiger partial charge on any atom is -0.393 e. The second-order valence-corrected chi connectivity index (χ2v) is 22.7. The Bertz CT molecular complexity index is 1400. The zero-order valence-electron chi connectivity index (χ0n) is 22.9. The van der Waals surface area contributed by atoms with Crippen LogP contribution in [0.1, 0.15) is 6.42 Å². The quantitative estimate of drug-likeness (QED) is 0.358. The summed E-state index contributed by atoms with van der Waals surface area (Å²) in [6.07, 6.45) is 1.30. The van der Waals surface area contributed by atoms with Crippen LogP contribution in [0.4, 0.5) is 0 Å². The third-order valence-corrected chi connectivity index (χ3v) is 25.4. The van der Waals surface area contributed by atoms with Crippen molar-refractivity contribution in [1.82, 2.24) is 0 Å². The lowest BCUT2D eigenvalue weighted by atomic mass is 9.04. The van der Waals surface area contributed by atoms with Crippen molar-refractivity contribution in [3.05, 3.63) is 0 Å². The Morgan fingerprint density at radius 2 is 0.575 bits per heavy atom. The van der Waals surface area contributed by atoms with Gasteiger partial charge in [-0.15, -0.1) is 0 Å². The first-order valence-electron chi connectivity index (χ1n) is 18.9. The van der Waals surface area contributed by atoms with E-state index in [1.54, 1.807) is 0 Å². The highest BCUT2D eigenvalue weighted by atomic mass is 31.1. The molecule has 1 heterocycles. The van der Waals surface area contributed by atoms with Crippen molar-refractivity contribution in [3.63, 3.8) is 0 Å². The van der Waals surface area contributed by atoms with E-state index < -0.39 is 0 Å². The lowest BCUT2D eigenvalue weighted by molar-refractivity contribution is -0.539. The average molecular weight is 549 g/mol. The van der Waals surface area contributed by atoms with Gasteiger partial charge >= 0.3 is 0 Å². The van der Waals surface area contributed by atoms with Gasteiger partial charge in [0.2, 0.25) is 0 Å². The molecule has 37 unspecified atom stereocenters. The van der Waals surface area contributed by atoms with Gasteiger partial charge in [-0.1, -0.05) is 8.58 Å². The lowest BCUT2D eigenvalue weighted by Gasteiger charge is -3.00. The van der Waals surface area contributed by atoms with Crippen LogP contribution in [0.2, 0.25) is 0 Å². The highest BCUT2D eigenvalue weighted by Crippen LogP contribution is 3.01. The van der Waals surface area contributed by atoms with Crippen LogP contribution in [0, 0.1) is 195 Å². The van der Waals surface area contributed by atoms with Crippen LogP contribution >= 0.6 is 8.58 Å². The highest BCUT2D eigenvalue weighted by molar-refractivity contribution is 7.41. The summed E-state index contributed by atoms with van der Waals surface area (Å²) in [5.41, 5.74) is 1.01. The first kappa shape index (κ1) is 19.0. The maximum atomic E-state index is 10.4. The Labute approximate surface area is 237 Å². The van der Waals surface area contributed by atoms with Gasteiger partial charge < -0.3 is 10.2 Å². The number of hydrogen-bond donors (Lipinski definition) is 2. The van der Waals surface area contributed by atoms with Gasteiger partial charge in [-0.05, 0) is 207 Å². The summed E-state index contributed by atoms with van der Waals surface area (Å²) in [5, 5.41) is 20.8. The summed E-state index contributed by atoms with van der Waals surface area (Å²) in [7, 11) is 0.931. The third kappa shape index (κ3) is 1.19. The Kier molecular flexibility index (Phi) is 2.26. The Hall–Kier alpha value is 0.350. The number of fused-ring (bicyclic) bond motifs is 49. The van der Waals surface area contributed by atoms with E-state index in [0.717, 1.165) is 67.5 Å². The van der Waals surface area contributed by atoms with Crippen LogP contribution in [0.15, 0.2) is 0 Å². The van der Waals surface area contributed by atoms with Crippen molar-refractivity contribution in [2.45, 2.75) is 24.0 Å². The van der Waals surface area contributed by atoms with E-state index in [9.17, 15) is 10.2 Å². The molecule has 1 aliphatic heterocycles. The molecule has 0 amide bonds. The zero-order valence-corrected chi connectivity index (χ0v) is 23.9. The van der Waals surface area contributed by atoms with Gasteiger partial charge in [0.25, 0.3) is 0 Å². The Morgan fingerprint density at radius 3 is 0.900 bits per heavy atom. The lowest BCUT2D eigenvalue weighted by Crippen LogP contribution is -2.98. The molecule has 37 atom stereocenters. The molecule has 206 valence electrons. The van der Waals surface area contributed by atoms with Crippen molar-refractivity contribution in [2.24, 2.45) is 195 Å². The summed E-state index contributed by atoms with van der Waals surface area (Å²) in [6, 6.07) is 0. The topological polar surface area (TPSA) is 40.5 Å². The SMILES string of the molecule is OC1CC2C1C1C2C2C1C1C2C2C1C1C2C2C1C1C2C2C3C4C5C6C7C8C9C%10C(O)PC%10C9C8C7C6C5C4C3C12. The number of aliphatic hydroxyl groups excluding tert-OH is 2. The third-order valence-electron chi connectivity index (χ3n) is 23.5. The molecule has 17 aliphatic carbocycles. The van der Waals surface area contributed by atoms with E-state index in [0.29, 0.717) is 0 Å². The number of rotatable bonds is 0. The normalized spacial score (nSPS) is 99.2. The first-order valence-corrected chi connectivity index (χ1v) is 20.1. The molecule has 2 N–H and O–H groups in total. The molecule has 0 spiro atoms. The number of hydrogen-bond acceptors (Lipinski definition) is 2. The molecule has 18 aliphatic rings. The van der Waals surface area contributed by atoms with Crippen molar-refractivity contribution < 1.29 is 10.2 Å². The summed E-state index contributed by atoms with van der Waals surface area (Å²) < 4.78 is 0. The van der Waals surface area contributed by atoms with Crippen molar-refractivity contribution in [3.8, 4) is 0 Å². The predicted molar refractivity (Wildman–Crippen MR) is 144 cm³/mol. The van der Waals surface area contributed by atoms with Crippen LogP contribution in [-0.4, -0.2) is 27.8 Å². The maximum absolute atomic E-state index is 10.4. The maximum Gasteiger partial charge on any atom is 0.0741 e. The summed E-state index contributed by atoms with van der Waals surface area (Å²) in [4.78, 5) is 0. The van der Waals surface area contributed by atoms with E-state index in [-0.39, 0.29) is 11.9 Å². The Morgan fingerprint density at radius 1 is 0.300 bits per heavy atom. The monoisotopic (exact) mass is 548 g/mol. The molecule has 0 aromatic heterocycles. The number of aliphatic hydroxyl groups is 2. The standard InChI is InChI=1S/C37H41O2P/c38-3-1-2-4(3)6-5(2)7-8(6)10-9(7)11-12(10)14-13(11)15-16(14)18-17(15)19-20(18)22-21(19)23-24(22)26-25(23)27-28(26)30-29(27)31-32(30)34-33(31)35-36(34)40-37(35)39/h2-40H,1H2. The largest absolute Gasteiger partial charge is 0.393 e. The summed E-state index contributed by atoms with van der Waals surface area (Å²) in [5.74, 6) is 38.9. The fourth-order valence-corrected chi connectivity index (χ4v) is 25.7. The fourth-order valence-electron chi connectivity index (χ4n) is 23.7. The summed E-state index contributed by atoms with van der Waals surface area (Å²) in [6.45, 7) is 0. The van der Waals surface area contributed by atoms with Crippen LogP contribution in [0.5, 0.6) is 0 Å². The molecule has 0 bridgehead atoms. The molecule has 0 aromatic carbocycles. The van der Waals surface area contributed by atoms with E-state index >= 15 is 0 Å². The molecule has 0 aromatic rings. The van der Waals surface area contributed by atoms with Crippen LogP contribution < -0.4 is 0 Å². The molecular formula is C37H41O2P. The van der Waals surface area contributed by atoms with E-state index in [1.807, 2.05) is 0 Å². The smallest absolute Gasteiger partial charge is 0.0741 e. The molecule has 17 saturated carbocycles. The predicted octanol–water partition coefficient (Wildman–Crippen LogP) is 3.68. The van der Waals surface area contributed by atoms with Gasteiger partial charge in [-0.2, -0.15) is 0 Å². The minimum atomic E-state index is 0.114. The Balaban J connectivity index is 0.631.